The maximum atomic E-state index is 12.5. The molecule has 0 radical (unpaired) electrons. The molecule has 0 aliphatic heterocycles. The van der Waals surface area contributed by atoms with Gasteiger partial charge in [-0.25, -0.2) is 0 Å². The predicted octanol–water partition coefficient (Wildman–Crippen LogP) is 4.43. The zero-order valence-corrected chi connectivity index (χ0v) is 15.2. The van der Waals surface area contributed by atoms with Crippen LogP contribution in [0, 0.1) is 0 Å². The minimum atomic E-state index is -0.164. The molecule has 0 unspecified atom stereocenters. The van der Waals surface area contributed by atoms with E-state index in [1.807, 2.05) is 13.8 Å². The highest BCUT2D eigenvalue weighted by molar-refractivity contribution is 6.30. The van der Waals surface area contributed by atoms with Gasteiger partial charge in [-0.15, -0.1) is 10.2 Å². The van der Waals surface area contributed by atoms with Gasteiger partial charge < -0.3 is 13.7 Å². The Balaban J connectivity index is 1.72. The van der Waals surface area contributed by atoms with Crippen molar-refractivity contribution in [3.05, 3.63) is 65.4 Å². The molecule has 26 heavy (non-hydrogen) atoms. The Bertz CT molecular complexity index is 883. The lowest BCUT2D eigenvalue weighted by molar-refractivity contribution is -0.128. The van der Waals surface area contributed by atoms with E-state index in [-0.39, 0.29) is 18.5 Å². The number of hydrogen-bond acceptors (Lipinski definition) is 5. The van der Waals surface area contributed by atoms with E-state index in [1.54, 1.807) is 53.6 Å². The number of aromatic nitrogens is 2. The van der Waals surface area contributed by atoms with E-state index in [1.165, 1.54) is 6.08 Å². The van der Waals surface area contributed by atoms with Crippen LogP contribution < -0.4 is 0 Å². The van der Waals surface area contributed by atoms with Crippen LogP contribution in [0.25, 0.3) is 17.5 Å². The first kappa shape index (κ1) is 17.9. The molecular weight excluding hydrogens is 354 g/mol. The molecule has 0 spiro atoms. The van der Waals surface area contributed by atoms with Gasteiger partial charge >= 0.3 is 0 Å². The Hall–Kier alpha value is -2.86. The summed E-state index contributed by atoms with van der Waals surface area (Å²) in [5.41, 5.74) is 0.772. The van der Waals surface area contributed by atoms with Crippen molar-refractivity contribution in [2.24, 2.45) is 0 Å². The van der Waals surface area contributed by atoms with Crippen molar-refractivity contribution in [3.63, 3.8) is 0 Å². The zero-order valence-electron chi connectivity index (χ0n) is 14.4. The first-order valence-corrected chi connectivity index (χ1v) is 8.51. The third-order valence-electron chi connectivity index (χ3n) is 3.70. The molecule has 6 nitrogen and oxygen atoms in total. The van der Waals surface area contributed by atoms with Crippen molar-refractivity contribution in [1.29, 1.82) is 0 Å². The summed E-state index contributed by atoms with van der Waals surface area (Å²) in [7, 11) is 0. The highest BCUT2D eigenvalue weighted by Crippen LogP contribution is 2.21. The number of benzene rings is 1. The third kappa shape index (κ3) is 4.40. The minimum Gasteiger partial charge on any atom is -0.465 e. The average molecular weight is 372 g/mol. The van der Waals surface area contributed by atoms with Crippen LogP contribution in [0.4, 0.5) is 0 Å². The van der Waals surface area contributed by atoms with Crippen molar-refractivity contribution in [2.75, 3.05) is 0 Å². The highest BCUT2D eigenvalue weighted by Gasteiger charge is 2.19. The number of hydrogen-bond donors (Lipinski definition) is 0. The molecule has 2 aromatic heterocycles. The molecule has 0 saturated carbocycles. The van der Waals surface area contributed by atoms with Gasteiger partial charge in [0.05, 0.1) is 12.8 Å². The fraction of sp³-hybridized carbons (Fsp3) is 0.211. The van der Waals surface area contributed by atoms with Gasteiger partial charge in [-0.05, 0) is 56.3 Å². The molecule has 2 heterocycles. The van der Waals surface area contributed by atoms with Gasteiger partial charge in [0.15, 0.2) is 0 Å². The first-order chi connectivity index (χ1) is 12.5. The summed E-state index contributed by atoms with van der Waals surface area (Å²) in [6.07, 6.45) is 4.65. The number of furan rings is 1. The monoisotopic (exact) mass is 371 g/mol. The van der Waals surface area contributed by atoms with Gasteiger partial charge in [0.2, 0.25) is 17.7 Å². The Kier molecular flexibility index (Phi) is 5.53. The number of carbonyl (C=O) groups excluding carboxylic acids is 1. The SMILES string of the molecule is CC(C)N(Cc1nnc(-c2ccc(Cl)cc2)o1)C(=O)C=Cc1ccco1. The second-order valence-corrected chi connectivity index (χ2v) is 6.35. The van der Waals surface area contributed by atoms with Crippen LogP contribution in [-0.4, -0.2) is 27.0 Å². The number of nitrogens with zero attached hydrogens (tertiary/aromatic N) is 3. The lowest BCUT2D eigenvalue weighted by Crippen LogP contribution is -2.35. The Labute approximate surface area is 156 Å². The molecule has 1 amide bonds. The lowest BCUT2D eigenvalue weighted by Gasteiger charge is -2.23. The van der Waals surface area contributed by atoms with Crippen LogP contribution in [0.15, 0.2) is 57.6 Å². The van der Waals surface area contributed by atoms with Crippen LogP contribution in [-0.2, 0) is 11.3 Å². The van der Waals surface area contributed by atoms with E-state index in [4.69, 9.17) is 20.4 Å². The number of rotatable bonds is 6. The molecule has 0 atom stereocenters. The summed E-state index contributed by atoms with van der Waals surface area (Å²) < 4.78 is 10.9. The van der Waals surface area contributed by atoms with Gasteiger partial charge in [-0.3, -0.25) is 4.79 Å². The van der Waals surface area contributed by atoms with Gasteiger partial charge in [0.25, 0.3) is 0 Å². The topological polar surface area (TPSA) is 72.4 Å². The molecule has 0 N–H and O–H groups in total. The molecule has 0 aliphatic carbocycles. The fourth-order valence-electron chi connectivity index (χ4n) is 2.32. The van der Waals surface area contributed by atoms with E-state index in [0.717, 1.165) is 5.56 Å². The molecule has 1 aromatic carbocycles. The maximum Gasteiger partial charge on any atom is 0.247 e. The van der Waals surface area contributed by atoms with Crippen LogP contribution in [0.5, 0.6) is 0 Å². The Morgan fingerprint density at radius 3 is 2.65 bits per heavy atom. The van der Waals surface area contributed by atoms with Crippen LogP contribution in [0.2, 0.25) is 5.02 Å². The molecule has 0 fully saturated rings. The van der Waals surface area contributed by atoms with Gasteiger partial charge in [0, 0.05) is 22.7 Å². The highest BCUT2D eigenvalue weighted by atomic mass is 35.5. The standard InChI is InChI=1S/C19H18ClN3O3/c1-13(2)23(18(24)10-9-16-4-3-11-25-16)12-17-21-22-19(26-17)14-5-7-15(20)8-6-14/h3-11,13H,12H2,1-2H3. The van der Waals surface area contributed by atoms with E-state index < -0.39 is 0 Å². The van der Waals surface area contributed by atoms with E-state index in [9.17, 15) is 4.79 Å². The summed E-state index contributed by atoms with van der Waals surface area (Å²) in [5, 5.41) is 8.72. The minimum absolute atomic E-state index is 0.0327. The van der Waals surface area contributed by atoms with Crippen molar-refractivity contribution in [3.8, 4) is 11.5 Å². The second kappa shape index (κ2) is 8.01. The Morgan fingerprint density at radius 1 is 1.23 bits per heavy atom. The van der Waals surface area contributed by atoms with E-state index in [0.29, 0.717) is 22.6 Å². The number of carbonyl (C=O) groups is 1. The predicted molar refractivity (Wildman–Crippen MR) is 98.2 cm³/mol. The normalized spacial score (nSPS) is 11.4. The summed E-state index contributed by atoms with van der Waals surface area (Å²) in [5.74, 6) is 1.20. The molecule has 0 saturated heterocycles. The molecule has 0 aliphatic rings. The summed E-state index contributed by atoms with van der Waals surface area (Å²) >= 11 is 5.89. The maximum absolute atomic E-state index is 12.5. The number of amides is 1. The van der Waals surface area contributed by atoms with Crippen molar-refractivity contribution >= 4 is 23.6 Å². The van der Waals surface area contributed by atoms with Crippen LogP contribution in [0.3, 0.4) is 0 Å². The average Bonchev–Trinajstić information content (AvgIpc) is 3.30. The largest absolute Gasteiger partial charge is 0.465 e. The third-order valence-corrected chi connectivity index (χ3v) is 3.96. The van der Waals surface area contributed by atoms with E-state index >= 15 is 0 Å². The van der Waals surface area contributed by atoms with E-state index in [2.05, 4.69) is 10.2 Å². The van der Waals surface area contributed by atoms with Gasteiger partial charge in [0.1, 0.15) is 5.76 Å². The first-order valence-electron chi connectivity index (χ1n) is 8.13. The molecule has 7 heteroatoms. The molecule has 3 aromatic rings. The van der Waals surface area contributed by atoms with Crippen molar-refractivity contribution < 1.29 is 13.6 Å². The zero-order chi connectivity index (χ0) is 18.5. The summed E-state index contributed by atoms with van der Waals surface area (Å²) in [4.78, 5) is 14.1. The summed E-state index contributed by atoms with van der Waals surface area (Å²) in [6.45, 7) is 4.07. The van der Waals surface area contributed by atoms with Gasteiger partial charge in [-0.1, -0.05) is 11.6 Å². The number of halogens is 1. The smallest absolute Gasteiger partial charge is 0.247 e. The lowest BCUT2D eigenvalue weighted by atomic mass is 10.2. The molecule has 134 valence electrons. The quantitative estimate of drug-likeness (QED) is 0.599. The molecule has 3 rings (SSSR count). The molecular formula is C19H18ClN3O3. The van der Waals surface area contributed by atoms with Gasteiger partial charge in [-0.2, -0.15) is 0 Å². The summed E-state index contributed by atoms with van der Waals surface area (Å²) in [6, 6.07) is 10.6. The van der Waals surface area contributed by atoms with Crippen molar-refractivity contribution in [1.82, 2.24) is 15.1 Å². The molecule has 0 bridgehead atoms. The van der Waals surface area contributed by atoms with Crippen LogP contribution >= 0.6 is 11.6 Å². The van der Waals surface area contributed by atoms with Crippen molar-refractivity contribution in [2.45, 2.75) is 26.4 Å². The van der Waals surface area contributed by atoms with Crippen LogP contribution in [0.1, 0.15) is 25.5 Å². The second-order valence-electron chi connectivity index (χ2n) is 5.92. The Morgan fingerprint density at radius 2 is 2.00 bits per heavy atom. The fourth-order valence-corrected chi connectivity index (χ4v) is 2.45.